The van der Waals surface area contributed by atoms with Crippen molar-refractivity contribution in [2.24, 2.45) is 5.92 Å². The molecule has 0 heterocycles. The van der Waals surface area contributed by atoms with Gasteiger partial charge < -0.3 is 10.2 Å². The number of nitrogens with one attached hydrogen (secondary N) is 1. The second-order valence-electron chi connectivity index (χ2n) is 4.99. The number of hydrogen-bond acceptors (Lipinski definition) is 2. The molecule has 0 saturated carbocycles. The maximum absolute atomic E-state index is 13.1. The number of likely N-dealkylation sites (N-methyl/N-ethyl adjacent to an activating group) is 1. The highest BCUT2D eigenvalue weighted by Crippen LogP contribution is 2.15. The fourth-order valence-corrected chi connectivity index (χ4v) is 1.67. The molecule has 0 aromatic heterocycles. The van der Waals surface area contributed by atoms with Crippen LogP contribution in [0.3, 0.4) is 0 Å². The number of rotatable bonds is 6. The molecular formula is C14H23FN2. The molecule has 0 aliphatic rings. The van der Waals surface area contributed by atoms with Crippen LogP contribution in [0.15, 0.2) is 24.3 Å². The first-order valence-corrected chi connectivity index (χ1v) is 6.20. The van der Waals surface area contributed by atoms with Crippen LogP contribution in [0, 0.1) is 11.7 Å². The summed E-state index contributed by atoms with van der Waals surface area (Å²) in [5.41, 5.74) is 0.920. The van der Waals surface area contributed by atoms with E-state index in [1.807, 2.05) is 13.1 Å². The van der Waals surface area contributed by atoms with E-state index in [2.05, 4.69) is 31.0 Å². The van der Waals surface area contributed by atoms with Crippen molar-refractivity contribution in [1.82, 2.24) is 5.32 Å². The van der Waals surface area contributed by atoms with Gasteiger partial charge in [0.1, 0.15) is 5.82 Å². The quantitative estimate of drug-likeness (QED) is 0.820. The molecular weight excluding hydrogens is 215 g/mol. The number of hydrogen-bond donors (Lipinski definition) is 1. The minimum absolute atomic E-state index is 0.184. The Morgan fingerprint density at radius 1 is 1.24 bits per heavy atom. The Labute approximate surface area is 104 Å². The molecule has 96 valence electrons. The molecule has 0 spiro atoms. The predicted molar refractivity (Wildman–Crippen MR) is 72.0 cm³/mol. The minimum atomic E-state index is -0.184. The highest BCUT2D eigenvalue weighted by atomic mass is 19.1. The van der Waals surface area contributed by atoms with E-state index >= 15 is 0 Å². The lowest BCUT2D eigenvalue weighted by Gasteiger charge is -2.27. The zero-order valence-electron chi connectivity index (χ0n) is 11.2. The second kappa shape index (κ2) is 6.60. The maximum atomic E-state index is 13.1. The Balaban J connectivity index is 2.48. The normalized spacial score (nSPS) is 12.8. The van der Waals surface area contributed by atoms with Gasteiger partial charge >= 0.3 is 0 Å². The molecule has 0 fully saturated rings. The molecule has 1 aromatic rings. The summed E-state index contributed by atoms with van der Waals surface area (Å²) < 4.78 is 13.1. The van der Waals surface area contributed by atoms with Crippen LogP contribution in [-0.2, 0) is 0 Å². The predicted octanol–water partition coefficient (Wildman–Crippen LogP) is 2.90. The van der Waals surface area contributed by atoms with Crippen LogP contribution in [0.4, 0.5) is 10.1 Å². The van der Waals surface area contributed by atoms with Crippen LogP contribution < -0.4 is 10.2 Å². The van der Waals surface area contributed by atoms with Crippen LogP contribution in [0.1, 0.15) is 20.8 Å². The van der Waals surface area contributed by atoms with Crippen LogP contribution in [-0.4, -0.2) is 26.2 Å². The molecule has 1 atom stereocenters. The Bertz CT molecular complexity index is 339. The second-order valence-corrected chi connectivity index (χ2v) is 4.99. The van der Waals surface area contributed by atoms with Gasteiger partial charge in [0.15, 0.2) is 0 Å². The Hall–Kier alpha value is -1.09. The number of halogens is 1. The number of nitrogens with zero attached hydrogens (tertiary/aromatic N) is 1. The average molecular weight is 238 g/mol. The minimum Gasteiger partial charge on any atom is -0.371 e. The van der Waals surface area contributed by atoms with E-state index in [9.17, 15) is 4.39 Å². The van der Waals surface area contributed by atoms with Gasteiger partial charge in [-0.25, -0.2) is 4.39 Å². The summed E-state index contributed by atoms with van der Waals surface area (Å²) in [5, 5.41) is 3.41. The third-order valence-corrected chi connectivity index (χ3v) is 2.87. The Morgan fingerprint density at radius 3 is 2.53 bits per heavy atom. The molecule has 1 unspecified atom stereocenters. The third kappa shape index (κ3) is 4.73. The van der Waals surface area contributed by atoms with Crippen molar-refractivity contribution < 1.29 is 4.39 Å². The van der Waals surface area contributed by atoms with E-state index in [1.54, 1.807) is 12.1 Å². The Morgan fingerprint density at radius 2 is 1.94 bits per heavy atom. The van der Waals surface area contributed by atoms with Gasteiger partial charge in [0.05, 0.1) is 0 Å². The lowest BCUT2D eigenvalue weighted by Crippen LogP contribution is -2.39. The summed E-state index contributed by atoms with van der Waals surface area (Å²) in [5.74, 6) is 0.471. The monoisotopic (exact) mass is 238 g/mol. The zero-order chi connectivity index (χ0) is 12.8. The molecule has 0 saturated heterocycles. The van der Waals surface area contributed by atoms with Crippen molar-refractivity contribution in [1.29, 1.82) is 0 Å². The highest BCUT2D eigenvalue weighted by Gasteiger charge is 2.10. The van der Waals surface area contributed by atoms with Crippen molar-refractivity contribution in [3.05, 3.63) is 30.1 Å². The highest BCUT2D eigenvalue weighted by molar-refractivity contribution is 5.46. The first-order chi connectivity index (χ1) is 8.00. The first kappa shape index (κ1) is 14.0. The van der Waals surface area contributed by atoms with E-state index in [0.29, 0.717) is 12.0 Å². The summed E-state index contributed by atoms with van der Waals surface area (Å²) in [7, 11) is 2.00. The van der Waals surface area contributed by atoms with Crippen molar-refractivity contribution >= 4 is 5.69 Å². The van der Waals surface area contributed by atoms with Crippen LogP contribution in [0.2, 0.25) is 0 Å². The van der Waals surface area contributed by atoms with Crippen molar-refractivity contribution in [2.75, 3.05) is 25.0 Å². The zero-order valence-corrected chi connectivity index (χ0v) is 11.2. The topological polar surface area (TPSA) is 15.3 Å². The molecule has 1 aromatic carbocycles. The molecule has 0 aliphatic carbocycles. The van der Waals surface area contributed by atoms with Gasteiger partial charge in [-0.15, -0.1) is 0 Å². The fourth-order valence-electron chi connectivity index (χ4n) is 1.67. The largest absolute Gasteiger partial charge is 0.371 e. The molecule has 0 amide bonds. The van der Waals surface area contributed by atoms with Crippen LogP contribution in [0.5, 0.6) is 0 Å². The molecule has 1 rings (SSSR count). The fraction of sp³-hybridized carbons (Fsp3) is 0.571. The van der Waals surface area contributed by atoms with Crippen molar-refractivity contribution in [3.63, 3.8) is 0 Å². The molecule has 2 nitrogen and oxygen atoms in total. The van der Waals surface area contributed by atoms with E-state index in [0.717, 1.165) is 18.8 Å². The molecule has 0 radical (unpaired) electrons. The summed E-state index contributed by atoms with van der Waals surface area (Å²) in [6.07, 6.45) is 0. The van der Waals surface area contributed by atoms with Crippen molar-refractivity contribution in [2.45, 2.75) is 26.8 Å². The van der Waals surface area contributed by atoms with Crippen LogP contribution >= 0.6 is 0 Å². The van der Waals surface area contributed by atoms with E-state index < -0.39 is 0 Å². The van der Waals surface area contributed by atoms with E-state index in [1.165, 1.54) is 6.07 Å². The molecule has 0 aliphatic heterocycles. The standard InChI is InChI=1S/C14H23FN2/c1-11(2)9-16-10-12(3)17(4)14-7-5-6-13(15)8-14/h5-8,11-12,16H,9-10H2,1-4H3. The lowest BCUT2D eigenvalue weighted by atomic mass is 10.2. The molecule has 3 heteroatoms. The first-order valence-electron chi connectivity index (χ1n) is 6.20. The van der Waals surface area contributed by atoms with Gasteiger partial charge in [0.2, 0.25) is 0 Å². The number of benzene rings is 1. The summed E-state index contributed by atoms with van der Waals surface area (Å²) in [6.45, 7) is 8.44. The van der Waals surface area contributed by atoms with Gasteiger partial charge in [-0.2, -0.15) is 0 Å². The van der Waals surface area contributed by atoms with Gasteiger partial charge in [-0.3, -0.25) is 0 Å². The number of anilines is 1. The molecule has 1 N–H and O–H groups in total. The summed E-state index contributed by atoms with van der Waals surface area (Å²) in [4.78, 5) is 2.09. The molecule has 0 bridgehead atoms. The van der Waals surface area contributed by atoms with E-state index in [-0.39, 0.29) is 5.82 Å². The van der Waals surface area contributed by atoms with E-state index in [4.69, 9.17) is 0 Å². The van der Waals surface area contributed by atoms with Crippen LogP contribution in [0.25, 0.3) is 0 Å². The average Bonchev–Trinajstić information content (AvgIpc) is 2.27. The lowest BCUT2D eigenvalue weighted by molar-refractivity contribution is 0.517. The van der Waals surface area contributed by atoms with Crippen molar-refractivity contribution in [3.8, 4) is 0 Å². The van der Waals surface area contributed by atoms with Gasteiger partial charge in [-0.1, -0.05) is 19.9 Å². The van der Waals surface area contributed by atoms with Gasteiger partial charge in [0.25, 0.3) is 0 Å². The SMILES string of the molecule is CC(C)CNCC(C)N(C)c1cccc(F)c1. The molecule has 17 heavy (non-hydrogen) atoms. The summed E-state index contributed by atoms with van der Waals surface area (Å²) >= 11 is 0. The third-order valence-electron chi connectivity index (χ3n) is 2.87. The van der Waals surface area contributed by atoms with Gasteiger partial charge in [-0.05, 0) is 37.6 Å². The van der Waals surface area contributed by atoms with Gasteiger partial charge in [0, 0.05) is 25.3 Å². The maximum Gasteiger partial charge on any atom is 0.125 e. The smallest absolute Gasteiger partial charge is 0.125 e. The Kier molecular flexibility index (Phi) is 5.42. The summed E-state index contributed by atoms with van der Waals surface area (Å²) in [6, 6.07) is 7.06.